The average Bonchev–Trinajstić information content (AvgIpc) is 3.15. The number of nitrogens with one attached hydrogen (secondary N) is 1. The van der Waals surface area contributed by atoms with Gasteiger partial charge in [0.15, 0.2) is 0 Å². The van der Waals surface area contributed by atoms with Gasteiger partial charge in [0, 0.05) is 25.1 Å². The lowest BCUT2D eigenvalue weighted by molar-refractivity contribution is -0.144. The predicted octanol–water partition coefficient (Wildman–Crippen LogP) is 1.01. The van der Waals surface area contributed by atoms with E-state index in [-0.39, 0.29) is 5.41 Å². The SMILES string of the molecule is COCCN(C(=O)C1(C)CCNCC1)C1CC1. The van der Waals surface area contributed by atoms with Crippen molar-refractivity contribution in [2.24, 2.45) is 5.41 Å². The van der Waals surface area contributed by atoms with Crippen LogP contribution in [0.15, 0.2) is 0 Å². The fourth-order valence-corrected chi connectivity index (χ4v) is 2.56. The highest BCUT2D eigenvalue weighted by atomic mass is 16.5. The molecule has 2 rings (SSSR count). The zero-order valence-corrected chi connectivity index (χ0v) is 11.0. The summed E-state index contributed by atoms with van der Waals surface area (Å²) < 4.78 is 5.11. The van der Waals surface area contributed by atoms with Crippen LogP contribution in [0, 0.1) is 5.41 Å². The van der Waals surface area contributed by atoms with Crippen molar-refractivity contribution in [1.82, 2.24) is 10.2 Å². The summed E-state index contributed by atoms with van der Waals surface area (Å²) >= 11 is 0. The molecule has 2 aliphatic rings. The van der Waals surface area contributed by atoms with Gasteiger partial charge in [-0.25, -0.2) is 0 Å². The molecule has 0 atom stereocenters. The lowest BCUT2D eigenvalue weighted by Crippen LogP contribution is -2.49. The lowest BCUT2D eigenvalue weighted by Gasteiger charge is -2.37. The first-order valence-corrected chi connectivity index (χ1v) is 6.68. The van der Waals surface area contributed by atoms with E-state index < -0.39 is 0 Å². The van der Waals surface area contributed by atoms with Crippen LogP contribution in [0.2, 0.25) is 0 Å². The topological polar surface area (TPSA) is 41.6 Å². The molecule has 0 radical (unpaired) electrons. The molecule has 0 spiro atoms. The van der Waals surface area contributed by atoms with Gasteiger partial charge >= 0.3 is 0 Å². The number of hydrogen-bond acceptors (Lipinski definition) is 3. The average molecular weight is 240 g/mol. The third-order valence-electron chi connectivity index (χ3n) is 4.01. The molecule has 4 heteroatoms. The Bertz CT molecular complexity index is 271. The molecular weight excluding hydrogens is 216 g/mol. The fraction of sp³-hybridized carbons (Fsp3) is 0.923. The van der Waals surface area contributed by atoms with Gasteiger partial charge in [0.25, 0.3) is 0 Å². The second-order valence-electron chi connectivity index (χ2n) is 5.53. The van der Waals surface area contributed by atoms with Crippen LogP contribution >= 0.6 is 0 Å². The third-order valence-corrected chi connectivity index (χ3v) is 4.01. The van der Waals surface area contributed by atoms with Crippen molar-refractivity contribution in [1.29, 1.82) is 0 Å². The summed E-state index contributed by atoms with van der Waals surface area (Å²) in [6.07, 6.45) is 4.26. The first kappa shape index (κ1) is 12.8. The minimum Gasteiger partial charge on any atom is -0.383 e. The second kappa shape index (κ2) is 5.36. The van der Waals surface area contributed by atoms with Gasteiger partial charge in [-0.1, -0.05) is 6.92 Å². The fourth-order valence-electron chi connectivity index (χ4n) is 2.56. The molecule has 1 aliphatic carbocycles. The summed E-state index contributed by atoms with van der Waals surface area (Å²) in [5.41, 5.74) is -0.151. The first-order chi connectivity index (χ1) is 8.17. The van der Waals surface area contributed by atoms with Gasteiger partial charge in [-0.3, -0.25) is 4.79 Å². The number of nitrogens with zero attached hydrogens (tertiary/aromatic N) is 1. The monoisotopic (exact) mass is 240 g/mol. The van der Waals surface area contributed by atoms with Crippen LogP contribution in [0.3, 0.4) is 0 Å². The van der Waals surface area contributed by atoms with E-state index >= 15 is 0 Å². The molecule has 1 saturated heterocycles. The van der Waals surface area contributed by atoms with Gasteiger partial charge in [0.1, 0.15) is 0 Å². The Morgan fingerprint density at radius 1 is 1.41 bits per heavy atom. The molecule has 1 N–H and O–H groups in total. The van der Waals surface area contributed by atoms with Crippen LogP contribution in [0.1, 0.15) is 32.6 Å². The molecular formula is C13H24N2O2. The Morgan fingerprint density at radius 2 is 2.06 bits per heavy atom. The Kier molecular flexibility index (Phi) is 4.05. The largest absolute Gasteiger partial charge is 0.383 e. The van der Waals surface area contributed by atoms with Crippen LogP contribution in [-0.2, 0) is 9.53 Å². The summed E-state index contributed by atoms with van der Waals surface area (Å²) in [4.78, 5) is 14.7. The molecule has 1 saturated carbocycles. The molecule has 1 amide bonds. The van der Waals surface area contributed by atoms with E-state index in [1.54, 1.807) is 7.11 Å². The van der Waals surface area contributed by atoms with Crippen LogP contribution < -0.4 is 5.32 Å². The predicted molar refractivity (Wildman–Crippen MR) is 66.8 cm³/mol. The van der Waals surface area contributed by atoms with Gasteiger partial charge in [-0.15, -0.1) is 0 Å². The molecule has 2 fully saturated rings. The third kappa shape index (κ3) is 2.99. The normalized spacial score (nSPS) is 23.4. The van der Waals surface area contributed by atoms with Crippen molar-refractivity contribution in [3.8, 4) is 0 Å². The molecule has 1 heterocycles. The number of rotatable bonds is 5. The quantitative estimate of drug-likeness (QED) is 0.780. The number of ether oxygens (including phenoxy) is 1. The smallest absolute Gasteiger partial charge is 0.228 e. The van der Waals surface area contributed by atoms with Crippen molar-refractivity contribution in [2.45, 2.75) is 38.6 Å². The van der Waals surface area contributed by atoms with Gasteiger partial charge in [0.05, 0.1) is 6.61 Å². The zero-order chi connectivity index (χ0) is 12.3. The van der Waals surface area contributed by atoms with Crippen LogP contribution in [-0.4, -0.2) is 50.2 Å². The zero-order valence-electron chi connectivity index (χ0n) is 11.0. The van der Waals surface area contributed by atoms with Gasteiger partial charge in [0.2, 0.25) is 5.91 Å². The lowest BCUT2D eigenvalue weighted by atomic mass is 9.79. The van der Waals surface area contributed by atoms with E-state index in [0.717, 1.165) is 32.5 Å². The summed E-state index contributed by atoms with van der Waals surface area (Å²) in [7, 11) is 1.70. The Morgan fingerprint density at radius 3 is 2.59 bits per heavy atom. The molecule has 1 aliphatic heterocycles. The van der Waals surface area contributed by atoms with E-state index in [9.17, 15) is 4.79 Å². The van der Waals surface area contributed by atoms with Crippen molar-refractivity contribution in [3.05, 3.63) is 0 Å². The number of hydrogen-bond donors (Lipinski definition) is 1. The maximum absolute atomic E-state index is 12.6. The van der Waals surface area contributed by atoms with Gasteiger partial charge < -0.3 is 15.0 Å². The number of methoxy groups -OCH3 is 1. The molecule has 17 heavy (non-hydrogen) atoms. The van der Waals surface area contributed by atoms with E-state index in [0.29, 0.717) is 18.6 Å². The van der Waals surface area contributed by atoms with Crippen molar-refractivity contribution >= 4 is 5.91 Å². The molecule has 0 bridgehead atoms. The minimum atomic E-state index is -0.151. The highest BCUT2D eigenvalue weighted by Gasteiger charge is 2.42. The first-order valence-electron chi connectivity index (χ1n) is 6.68. The number of carbonyl (C=O) groups is 1. The van der Waals surface area contributed by atoms with Crippen LogP contribution in [0.25, 0.3) is 0 Å². The van der Waals surface area contributed by atoms with Crippen LogP contribution in [0.4, 0.5) is 0 Å². The van der Waals surface area contributed by atoms with E-state index in [1.165, 1.54) is 12.8 Å². The van der Waals surface area contributed by atoms with Crippen molar-refractivity contribution < 1.29 is 9.53 Å². The molecule has 0 unspecified atom stereocenters. The summed E-state index contributed by atoms with van der Waals surface area (Å²) in [5, 5.41) is 3.33. The van der Waals surface area contributed by atoms with E-state index in [2.05, 4.69) is 17.1 Å². The molecule has 0 aromatic carbocycles. The maximum Gasteiger partial charge on any atom is 0.228 e. The van der Waals surface area contributed by atoms with Crippen LogP contribution in [0.5, 0.6) is 0 Å². The van der Waals surface area contributed by atoms with Gasteiger partial charge in [-0.2, -0.15) is 0 Å². The minimum absolute atomic E-state index is 0.151. The Balaban J connectivity index is 1.98. The van der Waals surface area contributed by atoms with Crippen molar-refractivity contribution in [3.63, 3.8) is 0 Å². The molecule has 98 valence electrons. The Labute approximate surface area is 104 Å². The van der Waals surface area contributed by atoms with E-state index in [4.69, 9.17) is 4.74 Å². The summed E-state index contributed by atoms with van der Waals surface area (Å²) in [6, 6.07) is 0.490. The maximum atomic E-state index is 12.6. The highest BCUT2D eigenvalue weighted by Crippen LogP contribution is 2.35. The summed E-state index contributed by atoms with van der Waals surface area (Å²) in [5.74, 6) is 0.346. The number of amides is 1. The molecule has 0 aromatic heterocycles. The summed E-state index contributed by atoms with van der Waals surface area (Å²) in [6.45, 7) is 5.45. The number of carbonyl (C=O) groups excluding carboxylic acids is 1. The van der Waals surface area contributed by atoms with E-state index in [1.807, 2.05) is 0 Å². The standard InChI is InChI=1S/C13H24N2O2/c1-13(5-7-14-8-6-13)12(16)15(9-10-17-2)11-3-4-11/h11,14H,3-10H2,1-2H3. The molecule has 4 nitrogen and oxygen atoms in total. The Hall–Kier alpha value is -0.610. The molecule has 0 aromatic rings. The second-order valence-corrected chi connectivity index (χ2v) is 5.53. The highest BCUT2D eigenvalue weighted by molar-refractivity contribution is 5.83. The number of piperidine rings is 1. The van der Waals surface area contributed by atoms with Gasteiger partial charge in [-0.05, 0) is 38.8 Å². The van der Waals surface area contributed by atoms with Crippen molar-refractivity contribution in [2.75, 3.05) is 33.4 Å².